The van der Waals surface area contributed by atoms with Crippen molar-refractivity contribution in [2.24, 2.45) is 0 Å². The fraction of sp³-hybridized carbons (Fsp3) is 0.300. The lowest BCUT2D eigenvalue weighted by Gasteiger charge is -2.16. The third-order valence-corrected chi connectivity index (χ3v) is 4.35. The van der Waals surface area contributed by atoms with Crippen molar-refractivity contribution in [3.05, 3.63) is 47.5 Å². The normalized spacial score (nSPS) is 13.7. The first kappa shape index (κ1) is 20.5. The number of carboxylic acid groups (broad SMARTS) is 1. The van der Waals surface area contributed by atoms with Crippen LogP contribution in [0.15, 0.2) is 36.4 Å². The Morgan fingerprint density at radius 2 is 1.86 bits per heavy atom. The van der Waals surface area contributed by atoms with E-state index in [1.165, 1.54) is 0 Å². The number of alkyl halides is 3. The third-order valence-electron chi connectivity index (χ3n) is 4.35. The zero-order valence-corrected chi connectivity index (χ0v) is 15.5. The van der Waals surface area contributed by atoms with E-state index in [4.69, 9.17) is 9.84 Å². The van der Waals surface area contributed by atoms with Gasteiger partial charge in [-0.05, 0) is 61.2 Å². The van der Waals surface area contributed by atoms with E-state index in [0.29, 0.717) is 16.8 Å². The molecule has 9 heteroatoms. The van der Waals surface area contributed by atoms with Gasteiger partial charge >= 0.3 is 18.2 Å². The van der Waals surface area contributed by atoms with Gasteiger partial charge in [0.2, 0.25) is 0 Å². The first-order valence-electron chi connectivity index (χ1n) is 8.88. The van der Waals surface area contributed by atoms with Crippen LogP contribution in [-0.2, 0) is 11.0 Å². The van der Waals surface area contributed by atoms with Crippen LogP contribution >= 0.6 is 0 Å². The van der Waals surface area contributed by atoms with Gasteiger partial charge in [-0.2, -0.15) is 13.2 Å². The summed E-state index contributed by atoms with van der Waals surface area (Å²) in [5, 5.41) is 14.3. The van der Waals surface area contributed by atoms with Crippen LogP contribution in [0.4, 0.5) is 23.7 Å². The summed E-state index contributed by atoms with van der Waals surface area (Å²) in [6.07, 6.45) is -2.67. The summed E-state index contributed by atoms with van der Waals surface area (Å²) in [5.74, 6) is -1.22. The minimum absolute atomic E-state index is 0.0238. The Labute approximate surface area is 164 Å². The third kappa shape index (κ3) is 5.40. The molecule has 0 radical (unpaired) electrons. The summed E-state index contributed by atoms with van der Waals surface area (Å²) in [6, 6.07) is 7.47. The number of urea groups is 1. The largest absolute Gasteiger partial charge is 0.481 e. The van der Waals surface area contributed by atoms with Crippen molar-refractivity contribution in [2.45, 2.75) is 32.0 Å². The lowest BCUT2D eigenvalue weighted by molar-refractivity contribution is -0.140. The number of carboxylic acids is 1. The molecule has 6 nitrogen and oxygen atoms in total. The lowest BCUT2D eigenvalue weighted by atomic mass is 9.97. The number of aryl methyl sites for hydroxylation is 1. The van der Waals surface area contributed by atoms with Gasteiger partial charge < -0.3 is 20.5 Å². The highest BCUT2D eigenvalue weighted by atomic mass is 19.4. The molecule has 0 atom stereocenters. The zero-order valence-electron chi connectivity index (χ0n) is 15.5. The minimum Gasteiger partial charge on any atom is -0.481 e. The Hall–Kier alpha value is -3.23. The molecule has 2 aromatic carbocycles. The number of hydrogen-bond donors (Lipinski definition) is 3. The van der Waals surface area contributed by atoms with Crippen molar-refractivity contribution in [3.8, 4) is 16.9 Å². The van der Waals surface area contributed by atoms with Crippen LogP contribution < -0.4 is 15.4 Å². The van der Waals surface area contributed by atoms with Gasteiger partial charge in [0, 0.05) is 17.3 Å². The number of carbonyl (C=O) groups is 2. The highest BCUT2D eigenvalue weighted by molar-refractivity contribution is 5.90. The van der Waals surface area contributed by atoms with Crippen molar-refractivity contribution >= 4 is 17.7 Å². The minimum atomic E-state index is -4.56. The number of anilines is 1. The lowest BCUT2D eigenvalue weighted by Crippen LogP contribution is -2.30. The second-order valence-corrected chi connectivity index (χ2v) is 6.79. The fourth-order valence-corrected chi connectivity index (χ4v) is 2.81. The predicted octanol–water partition coefficient (Wildman–Crippen LogP) is 4.43. The number of ether oxygens (including phenoxy) is 1. The number of hydrogen-bond acceptors (Lipinski definition) is 3. The Morgan fingerprint density at radius 3 is 2.45 bits per heavy atom. The molecule has 1 aliphatic rings. The van der Waals surface area contributed by atoms with E-state index in [1.54, 1.807) is 25.1 Å². The van der Waals surface area contributed by atoms with E-state index in [1.807, 2.05) is 0 Å². The molecule has 1 saturated carbocycles. The van der Waals surface area contributed by atoms with E-state index in [9.17, 15) is 22.8 Å². The molecule has 3 rings (SSSR count). The van der Waals surface area contributed by atoms with Crippen LogP contribution in [0.2, 0.25) is 0 Å². The van der Waals surface area contributed by atoms with E-state index in [0.717, 1.165) is 31.0 Å². The molecule has 0 aliphatic heterocycles. The predicted molar refractivity (Wildman–Crippen MR) is 99.9 cm³/mol. The summed E-state index contributed by atoms with van der Waals surface area (Å²) >= 11 is 0. The van der Waals surface area contributed by atoms with E-state index in [2.05, 4.69) is 10.6 Å². The standard InChI is InChI=1S/C20H19F3N2O4/c1-11-8-14(25-19(28)24-13-3-4-13)5-6-15(11)16-9-12(20(21,22)23)2-7-17(16)29-10-18(26)27/h2,5-9,13H,3-4,10H2,1H3,(H,26,27)(H2,24,25,28). The smallest absolute Gasteiger partial charge is 0.416 e. The fourth-order valence-electron chi connectivity index (χ4n) is 2.81. The highest BCUT2D eigenvalue weighted by Crippen LogP contribution is 2.39. The molecular formula is C20H19F3N2O4. The van der Waals surface area contributed by atoms with Gasteiger partial charge in [-0.15, -0.1) is 0 Å². The van der Waals surface area contributed by atoms with Gasteiger partial charge in [0.1, 0.15) is 5.75 Å². The van der Waals surface area contributed by atoms with Crippen LogP contribution in [0.1, 0.15) is 24.0 Å². The van der Waals surface area contributed by atoms with Gasteiger partial charge in [0.15, 0.2) is 6.61 Å². The van der Waals surface area contributed by atoms with Gasteiger partial charge in [-0.3, -0.25) is 0 Å². The molecule has 0 aromatic heterocycles. The van der Waals surface area contributed by atoms with Gasteiger partial charge in [0.25, 0.3) is 0 Å². The Bertz CT molecular complexity index is 940. The van der Waals surface area contributed by atoms with Crippen LogP contribution in [0.25, 0.3) is 11.1 Å². The number of amides is 2. The highest BCUT2D eigenvalue weighted by Gasteiger charge is 2.31. The van der Waals surface area contributed by atoms with Gasteiger partial charge in [-0.25, -0.2) is 9.59 Å². The monoisotopic (exact) mass is 408 g/mol. The van der Waals surface area contributed by atoms with Crippen LogP contribution in [0.5, 0.6) is 5.75 Å². The number of aliphatic carboxylic acids is 1. The molecule has 2 amide bonds. The maximum Gasteiger partial charge on any atom is 0.416 e. The summed E-state index contributed by atoms with van der Waals surface area (Å²) < 4.78 is 44.6. The van der Waals surface area contributed by atoms with Gasteiger partial charge in [0.05, 0.1) is 5.56 Å². The van der Waals surface area contributed by atoms with Crippen LogP contribution in [-0.4, -0.2) is 29.8 Å². The summed E-state index contributed by atoms with van der Waals surface area (Å²) in [7, 11) is 0. The molecule has 0 unspecified atom stereocenters. The van der Waals surface area contributed by atoms with Crippen molar-refractivity contribution in [1.29, 1.82) is 0 Å². The number of benzene rings is 2. The number of nitrogens with one attached hydrogen (secondary N) is 2. The summed E-state index contributed by atoms with van der Waals surface area (Å²) in [6.45, 7) is 0.999. The quantitative estimate of drug-likeness (QED) is 0.660. The number of carbonyl (C=O) groups excluding carboxylic acids is 1. The molecule has 0 bridgehead atoms. The first-order valence-corrected chi connectivity index (χ1v) is 8.88. The van der Waals surface area contributed by atoms with E-state index in [-0.39, 0.29) is 23.4 Å². The topological polar surface area (TPSA) is 87.7 Å². The number of rotatable bonds is 6. The summed E-state index contributed by atoms with van der Waals surface area (Å²) in [4.78, 5) is 22.7. The van der Waals surface area contributed by atoms with E-state index < -0.39 is 24.3 Å². The molecule has 0 heterocycles. The second kappa shape index (κ2) is 8.02. The Balaban J connectivity index is 1.91. The molecule has 1 aliphatic carbocycles. The molecule has 0 spiro atoms. The van der Waals surface area contributed by atoms with Crippen LogP contribution in [0.3, 0.4) is 0 Å². The van der Waals surface area contributed by atoms with Crippen molar-refractivity contribution in [1.82, 2.24) is 5.32 Å². The summed E-state index contributed by atoms with van der Waals surface area (Å²) in [5.41, 5.74) is 0.760. The molecular weight excluding hydrogens is 389 g/mol. The van der Waals surface area contributed by atoms with E-state index >= 15 is 0 Å². The Morgan fingerprint density at radius 1 is 1.14 bits per heavy atom. The molecule has 1 fully saturated rings. The maximum absolute atomic E-state index is 13.2. The second-order valence-electron chi connectivity index (χ2n) is 6.79. The zero-order chi connectivity index (χ0) is 21.2. The van der Waals surface area contributed by atoms with Crippen molar-refractivity contribution in [3.63, 3.8) is 0 Å². The molecule has 29 heavy (non-hydrogen) atoms. The average molecular weight is 408 g/mol. The Kier molecular flexibility index (Phi) is 5.67. The van der Waals surface area contributed by atoms with Crippen LogP contribution in [0, 0.1) is 6.92 Å². The average Bonchev–Trinajstić information content (AvgIpc) is 3.43. The van der Waals surface area contributed by atoms with Crippen molar-refractivity contribution < 1.29 is 32.6 Å². The molecule has 3 N–H and O–H groups in total. The maximum atomic E-state index is 13.2. The number of halogens is 3. The SMILES string of the molecule is Cc1cc(NC(=O)NC2CC2)ccc1-c1cc(C(F)(F)F)ccc1OCC(=O)O. The molecule has 154 valence electrons. The van der Waals surface area contributed by atoms with Gasteiger partial charge in [-0.1, -0.05) is 6.07 Å². The van der Waals surface area contributed by atoms with Crippen molar-refractivity contribution in [2.75, 3.05) is 11.9 Å². The molecule has 0 saturated heterocycles. The first-order chi connectivity index (χ1) is 13.6. The molecule has 2 aromatic rings.